The van der Waals surface area contributed by atoms with Gasteiger partial charge in [-0.1, -0.05) is 12.1 Å². The van der Waals surface area contributed by atoms with Crippen LogP contribution < -0.4 is 4.74 Å². The maximum Gasteiger partial charge on any atom is 0.328 e. The summed E-state index contributed by atoms with van der Waals surface area (Å²) in [5.74, 6) is 0.510. The summed E-state index contributed by atoms with van der Waals surface area (Å²) in [7, 11) is 1.97. The van der Waals surface area contributed by atoms with Gasteiger partial charge in [-0.25, -0.2) is 4.79 Å². The molecule has 0 amide bonds. The van der Waals surface area contributed by atoms with Crippen LogP contribution >= 0.6 is 0 Å². The first kappa shape index (κ1) is 11.1. The molecule has 0 spiro atoms. The van der Waals surface area contributed by atoms with Gasteiger partial charge in [0.05, 0.1) is 0 Å². The van der Waals surface area contributed by atoms with Crippen molar-refractivity contribution in [2.24, 2.45) is 0 Å². The highest BCUT2D eigenvalue weighted by atomic mass is 16.5. The first-order valence-electron chi connectivity index (χ1n) is 5.65. The number of likely N-dealkylation sites (N-methyl/N-ethyl adjacent to an activating group) is 1. The number of nitrogens with zero attached hydrogens (tertiary/aromatic N) is 1. The molecule has 0 saturated carbocycles. The summed E-state index contributed by atoms with van der Waals surface area (Å²) < 4.78 is 5.37. The van der Waals surface area contributed by atoms with Gasteiger partial charge in [0.2, 0.25) is 0 Å². The average molecular weight is 219 g/mol. The highest BCUT2D eigenvalue weighted by molar-refractivity contribution is 5.78. The maximum atomic E-state index is 11.9. The third-order valence-electron chi connectivity index (χ3n) is 3.00. The molecule has 1 heterocycles. The molecule has 0 aromatic heterocycles. The summed E-state index contributed by atoms with van der Waals surface area (Å²) in [6, 6.07) is 7.52. The lowest BCUT2D eigenvalue weighted by molar-refractivity contribution is -0.138. The lowest BCUT2D eigenvalue weighted by Crippen LogP contribution is -2.35. The van der Waals surface area contributed by atoms with E-state index in [0.717, 1.165) is 24.9 Å². The minimum absolute atomic E-state index is 0.0690. The molecular weight excluding hydrogens is 202 g/mol. The molecule has 3 nitrogen and oxygen atoms in total. The van der Waals surface area contributed by atoms with E-state index in [2.05, 4.69) is 4.90 Å². The topological polar surface area (TPSA) is 29.5 Å². The van der Waals surface area contributed by atoms with Gasteiger partial charge in [-0.15, -0.1) is 0 Å². The summed E-state index contributed by atoms with van der Waals surface area (Å²) in [6.07, 6.45) is 1.98. The average Bonchev–Trinajstić information content (AvgIpc) is 2.64. The predicted octanol–water partition coefficient (Wildman–Crippen LogP) is 1.99. The molecule has 3 heteroatoms. The molecule has 2 rings (SSSR count). The van der Waals surface area contributed by atoms with Gasteiger partial charge in [-0.05, 0) is 51.1 Å². The molecular formula is C13H17NO2. The maximum absolute atomic E-state index is 11.9. The third kappa shape index (κ3) is 2.42. The number of carbonyl (C=O) groups is 1. The van der Waals surface area contributed by atoms with E-state index in [4.69, 9.17) is 4.74 Å². The van der Waals surface area contributed by atoms with Crippen LogP contribution in [0.15, 0.2) is 24.3 Å². The monoisotopic (exact) mass is 219 g/mol. The van der Waals surface area contributed by atoms with Crippen molar-refractivity contribution >= 4 is 5.97 Å². The number of benzene rings is 1. The highest BCUT2D eigenvalue weighted by Crippen LogP contribution is 2.19. The lowest BCUT2D eigenvalue weighted by atomic mass is 10.2. The minimum atomic E-state index is -0.134. The Bertz CT molecular complexity index is 389. The Morgan fingerprint density at radius 2 is 2.31 bits per heavy atom. The molecule has 16 heavy (non-hydrogen) atoms. The largest absolute Gasteiger partial charge is 0.425 e. The summed E-state index contributed by atoms with van der Waals surface area (Å²) in [5, 5.41) is 0. The van der Waals surface area contributed by atoms with Crippen LogP contribution in [0.2, 0.25) is 0 Å². The first-order valence-corrected chi connectivity index (χ1v) is 5.65. The quantitative estimate of drug-likeness (QED) is 0.563. The second-order valence-electron chi connectivity index (χ2n) is 4.38. The van der Waals surface area contributed by atoms with Crippen LogP contribution in [-0.2, 0) is 4.79 Å². The Balaban J connectivity index is 2.02. The van der Waals surface area contributed by atoms with Gasteiger partial charge in [-0.3, -0.25) is 4.90 Å². The Morgan fingerprint density at radius 3 is 2.94 bits per heavy atom. The molecule has 1 saturated heterocycles. The minimum Gasteiger partial charge on any atom is -0.425 e. The van der Waals surface area contributed by atoms with Crippen molar-refractivity contribution in [3.05, 3.63) is 29.8 Å². The van der Waals surface area contributed by atoms with Crippen molar-refractivity contribution in [2.75, 3.05) is 13.6 Å². The third-order valence-corrected chi connectivity index (χ3v) is 3.00. The van der Waals surface area contributed by atoms with Gasteiger partial charge in [-0.2, -0.15) is 0 Å². The molecule has 1 aliphatic heterocycles. The van der Waals surface area contributed by atoms with Crippen LogP contribution in [0.1, 0.15) is 18.4 Å². The fraction of sp³-hybridized carbons (Fsp3) is 0.462. The van der Waals surface area contributed by atoms with Crippen molar-refractivity contribution in [3.8, 4) is 5.75 Å². The van der Waals surface area contributed by atoms with E-state index < -0.39 is 0 Å². The van der Waals surface area contributed by atoms with Crippen molar-refractivity contribution in [1.82, 2.24) is 4.90 Å². The zero-order chi connectivity index (χ0) is 11.5. The van der Waals surface area contributed by atoms with Crippen LogP contribution in [-0.4, -0.2) is 30.5 Å². The number of carbonyl (C=O) groups excluding carboxylic acids is 1. The number of hydrogen-bond acceptors (Lipinski definition) is 3. The van der Waals surface area contributed by atoms with Crippen LogP contribution in [0.3, 0.4) is 0 Å². The van der Waals surface area contributed by atoms with Crippen molar-refractivity contribution in [1.29, 1.82) is 0 Å². The molecule has 0 aliphatic carbocycles. The number of ether oxygens (including phenoxy) is 1. The molecule has 0 bridgehead atoms. The van der Waals surface area contributed by atoms with Gasteiger partial charge in [0, 0.05) is 0 Å². The van der Waals surface area contributed by atoms with Crippen LogP contribution in [0, 0.1) is 6.92 Å². The first-order chi connectivity index (χ1) is 7.66. The van der Waals surface area contributed by atoms with E-state index in [9.17, 15) is 4.79 Å². The van der Waals surface area contributed by atoms with E-state index in [1.807, 2.05) is 38.2 Å². The van der Waals surface area contributed by atoms with E-state index in [-0.39, 0.29) is 12.0 Å². The predicted molar refractivity (Wildman–Crippen MR) is 62.5 cm³/mol. The molecule has 86 valence electrons. The van der Waals surface area contributed by atoms with Gasteiger partial charge >= 0.3 is 5.97 Å². The number of esters is 1. The van der Waals surface area contributed by atoms with Gasteiger partial charge in [0.1, 0.15) is 11.8 Å². The standard InChI is InChI=1S/C13H17NO2/c1-10-5-3-6-11(9-10)16-13(15)12-7-4-8-14(12)2/h3,5-6,9,12H,4,7-8H2,1-2H3. The van der Waals surface area contributed by atoms with Gasteiger partial charge in [0.15, 0.2) is 0 Å². The molecule has 1 unspecified atom stereocenters. The Kier molecular flexibility index (Phi) is 3.25. The van der Waals surface area contributed by atoms with E-state index in [0.29, 0.717) is 5.75 Å². The van der Waals surface area contributed by atoms with Crippen molar-refractivity contribution in [3.63, 3.8) is 0 Å². The smallest absolute Gasteiger partial charge is 0.328 e. The number of aryl methyl sites for hydroxylation is 1. The molecule has 1 atom stereocenters. The molecule has 1 aromatic rings. The van der Waals surface area contributed by atoms with Crippen LogP contribution in [0.4, 0.5) is 0 Å². The van der Waals surface area contributed by atoms with Gasteiger partial charge < -0.3 is 4.74 Å². The number of likely N-dealkylation sites (tertiary alicyclic amines) is 1. The van der Waals surface area contributed by atoms with E-state index >= 15 is 0 Å². The normalized spacial score (nSPS) is 21.0. The number of hydrogen-bond donors (Lipinski definition) is 0. The van der Waals surface area contributed by atoms with Crippen molar-refractivity contribution in [2.45, 2.75) is 25.8 Å². The fourth-order valence-electron chi connectivity index (χ4n) is 2.07. The summed E-state index contributed by atoms with van der Waals surface area (Å²) in [6.45, 7) is 2.96. The number of rotatable bonds is 2. The second kappa shape index (κ2) is 4.66. The molecule has 1 aromatic carbocycles. The molecule has 1 fully saturated rings. The van der Waals surface area contributed by atoms with Crippen LogP contribution in [0.25, 0.3) is 0 Å². The van der Waals surface area contributed by atoms with Crippen LogP contribution in [0.5, 0.6) is 5.75 Å². The zero-order valence-electron chi connectivity index (χ0n) is 9.77. The van der Waals surface area contributed by atoms with E-state index in [1.165, 1.54) is 0 Å². The summed E-state index contributed by atoms with van der Waals surface area (Å²) >= 11 is 0. The lowest BCUT2D eigenvalue weighted by Gasteiger charge is -2.17. The van der Waals surface area contributed by atoms with Gasteiger partial charge in [0.25, 0.3) is 0 Å². The Morgan fingerprint density at radius 1 is 1.50 bits per heavy atom. The molecule has 1 aliphatic rings. The van der Waals surface area contributed by atoms with Crippen molar-refractivity contribution < 1.29 is 9.53 Å². The molecule has 0 radical (unpaired) electrons. The zero-order valence-corrected chi connectivity index (χ0v) is 9.77. The summed E-state index contributed by atoms with van der Waals surface area (Å²) in [5.41, 5.74) is 1.10. The molecule has 0 N–H and O–H groups in total. The fourth-order valence-corrected chi connectivity index (χ4v) is 2.07. The second-order valence-corrected chi connectivity index (χ2v) is 4.38. The highest BCUT2D eigenvalue weighted by Gasteiger charge is 2.29. The Labute approximate surface area is 96.0 Å². The van der Waals surface area contributed by atoms with E-state index in [1.54, 1.807) is 0 Å². The Hall–Kier alpha value is -1.35. The SMILES string of the molecule is Cc1cccc(OC(=O)C2CCCN2C)c1. The summed E-state index contributed by atoms with van der Waals surface area (Å²) in [4.78, 5) is 13.9.